The molecule has 30 heavy (non-hydrogen) atoms. The summed E-state index contributed by atoms with van der Waals surface area (Å²) in [5.41, 5.74) is 1.67. The molecule has 1 unspecified atom stereocenters. The van der Waals surface area contributed by atoms with Crippen molar-refractivity contribution in [1.82, 2.24) is 15.0 Å². The number of fused-ring (bicyclic) bond motifs is 1. The van der Waals surface area contributed by atoms with Crippen LogP contribution in [0.2, 0.25) is 0 Å². The number of oxazole rings is 1. The third kappa shape index (κ3) is 4.67. The molecule has 2 amide bonds. The molecule has 0 aliphatic carbocycles. The second kappa shape index (κ2) is 8.91. The van der Waals surface area contributed by atoms with Gasteiger partial charge in [-0.15, -0.1) is 11.8 Å². The van der Waals surface area contributed by atoms with Crippen molar-refractivity contribution in [2.75, 3.05) is 24.2 Å². The number of carbonyl (C=O) groups is 2. The number of rotatable bonds is 6. The molecule has 0 bridgehead atoms. The number of likely N-dealkylation sites (tertiary alicyclic amines) is 1. The highest BCUT2D eigenvalue weighted by molar-refractivity contribution is 8.01. The number of benzene rings is 1. The van der Waals surface area contributed by atoms with E-state index in [4.69, 9.17) is 8.94 Å². The Kier molecular flexibility index (Phi) is 6.08. The molecule has 9 heteroatoms. The first-order chi connectivity index (χ1) is 14.5. The Hall–Kier alpha value is -2.81. The number of para-hydroxylation sites is 2. The van der Waals surface area contributed by atoms with E-state index in [-0.39, 0.29) is 28.7 Å². The minimum absolute atomic E-state index is 0.0490. The van der Waals surface area contributed by atoms with Crippen molar-refractivity contribution in [3.8, 4) is 0 Å². The average molecular weight is 429 g/mol. The van der Waals surface area contributed by atoms with Crippen LogP contribution in [0.4, 0.5) is 5.82 Å². The van der Waals surface area contributed by atoms with Crippen molar-refractivity contribution in [3.05, 3.63) is 42.0 Å². The zero-order valence-electron chi connectivity index (χ0n) is 17.0. The lowest BCUT2D eigenvalue weighted by atomic mass is 9.97. The van der Waals surface area contributed by atoms with E-state index in [0.717, 1.165) is 29.8 Å². The first kappa shape index (κ1) is 20.5. The molecule has 0 radical (unpaired) electrons. The van der Waals surface area contributed by atoms with Crippen molar-refractivity contribution < 1.29 is 18.5 Å². The lowest BCUT2D eigenvalue weighted by molar-refractivity contribution is -0.129. The van der Waals surface area contributed by atoms with Gasteiger partial charge in [0.2, 0.25) is 11.8 Å². The number of thioether (sulfide) groups is 1. The molecule has 1 aliphatic rings. The Morgan fingerprint density at radius 3 is 2.77 bits per heavy atom. The molecular weight excluding hydrogens is 404 g/mol. The Morgan fingerprint density at radius 1 is 1.30 bits per heavy atom. The van der Waals surface area contributed by atoms with Gasteiger partial charge in [-0.05, 0) is 38.8 Å². The number of piperidine rings is 1. The van der Waals surface area contributed by atoms with Gasteiger partial charge >= 0.3 is 0 Å². The summed E-state index contributed by atoms with van der Waals surface area (Å²) in [6.07, 6.45) is 1.65. The smallest absolute Gasteiger partial charge is 0.238 e. The summed E-state index contributed by atoms with van der Waals surface area (Å²) in [5, 5.41) is 6.07. The van der Waals surface area contributed by atoms with Gasteiger partial charge in [-0.25, -0.2) is 4.98 Å². The summed E-state index contributed by atoms with van der Waals surface area (Å²) in [6.45, 7) is 4.87. The summed E-state index contributed by atoms with van der Waals surface area (Å²) >= 11 is 1.32. The van der Waals surface area contributed by atoms with Gasteiger partial charge in [-0.1, -0.05) is 17.3 Å². The van der Waals surface area contributed by atoms with Gasteiger partial charge in [0.25, 0.3) is 0 Å². The van der Waals surface area contributed by atoms with E-state index in [1.54, 1.807) is 19.9 Å². The molecule has 0 saturated carbocycles. The van der Waals surface area contributed by atoms with Gasteiger partial charge in [0.1, 0.15) is 11.3 Å². The SMILES string of the molecule is Cc1cc(NC(=O)C(C)SCC(=O)N2CCC(c3nc4ccccc4o3)CC2)no1. The van der Waals surface area contributed by atoms with Crippen LogP contribution >= 0.6 is 11.8 Å². The van der Waals surface area contributed by atoms with E-state index in [0.29, 0.717) is 24.7 Å². The number of nitrogens with one attached hydrogen (secondary N) is 1. The Balaban J connectivity index is 1.23. The van der Waals surface area contributed by atoms with Crippen LogP contribution < -0.4 is 5.32 Å². The van der Waals surface area contributed by atoms with Crippen LogP contribution in [0.1, 0.15) is 37.3 Å². The third-order valence-electron chi connectivity index (χ3n) is 5.21. The van der Waals surface area contributed by atoms with E-state index in [9.17, 15) is 9.59 Å². The van der Waals surface area contributed by atoms with Crippen molar-refractivity contribution >= 4 is 40.5 Å². The molecule has 158 valence electrons. The van der Waals surface area contributed by atoms with E-state index in [2.05, 4.69) is 15.5 Å². The molecule has 8 nitrogen and oxygen atoms in total. The van der Waals surface area contributed by atoms with Gasteiger partial charge in [-0.3, -0.25) is 9.59 Å². The summed E-state index contributed by atoms with van der Waals surface area (Å²) in [6, 6.07) is 9.40. The predicted octanol–water partition coefficient (Wildman–Crippen LogP) is 3.59. The summed E-state index contributed by atoms with van der Waals surface area (Å²) in [4.78, 5) is 31.3. The Bertz CT molecular complexity index is 1010. The largest absolute Gasteiger partial charge is 0.440 e. The van der Waals surface area contributed by atoms with E-state index in [1.165, 1.54) is 11.8 Å². The molecule has 1 N–H and O–H groups in total. The number of hydrogen-bond acceptors (Lipinski definition) is 7. The van der Waals surface area contributed by atoms with Gasteiger partial charge in [0.05, 0.1) is 11.0 Å². The number of hydrogen-bond donors (Lipinski definition) is 1. The number of aryl methyl sites for hydroxylation is 1. The van der Waals surface area contributed by atoms with Crippen LogP contribution in [0.5, 0.6) is 0 Å². The van der Waals surface area contributed by atoms with Crippen LogP contribution in [-0.2, 0) is 9.59 Å². The highest BCUT2D eigenvalue weighted by Gasteiger charge is 2.27. The number of amides is 2. The molecule has 4 rings (SSSR count). The summed E-state index contributed by atoms with van der Waals surface area (Å²) in [7, 11) is 0. The fraction of sp³-hybridized carbons (Fsp3) is 0.429. The van der Waals surface area contributed by atoms with Crippen LogP contribution in [0.3, 0.4) is 0 Å². The molecule has 1 aliphatic heterocycles. The first-order valence-corrected chi connectivity index (χ1v) is 11.0. The number of nitrogens with zero attached hydrogens (tertiary/aromatic N) is 3. The maximum atomic E-state index is 12.6. The second-order valence-corrected chi connectivity index (χ2v) is 8.77. The topological polar surface area (TPSA) is 101 Å². The fourth-order valence-electron chi connectivity index (χ4n) is 3.46. The average Bonchev–Trinajstić information content (AvgIpc) is 3.37. The normalized spacial score (nSPS) is 16.0. The van der Waals surface area contributed by atoms with E-state index in [1.807, 2.05) is 29.2 Å². The third-order valence-corrected chi connectivity index (χ3v) is 6.34. The second-order valence-electron chi connectivity index (χ2n) is 7.44. The molecule has 2 aromatic heterocycles. The fourth-order valence-corrected chi connectivity index (χ4v) is 4.24. The number of anilines is 1. The Labute approximate surface area is 178 Å². The van der Waals surface area contributed by atoms with Crippen LogP contribution in [-0.4, -0.2) is 50.9 Å². The highest BCUT2D eigenvalue weighted by atomic mass is 32.2. The number of aromatic nitrogens is 2. The number of carbonyl (C=O) groups excluding carboxylic acids is 2. The minimum atomic E-state index is -0.372. The zero-order valence-corrected chi connectivity index (χ0v) is 17.8. The van der Waals surface area contributed by atoms with Crippen LogP contribution in [0.15, 0.2) is 39.3 Å². The van der Waals surface area contributed by atoms with Crippen molar-refractivity contribution in [3.63, 3.8) is 0 Å². The van der Waals surface area contributed by atoms with Crippen LogP contribution in [0.25, 0.3) is 11.1 Å². The van der Waals surface area contributed by atoms with Crippen LogP contribution in [0, 0.1) is 6.92 Å². The zero-order chi connectivity index (χ0) is 21.1. The molecule has 1 atom stereocenters. The molecular formula is C21H24N4O4S. The maximum absolute atomic E-state index is 12.6. The lowest BCUT2D eigenvalue weighted by Crippen LogP contribution is -2.39. The molecule has 3 heterocycles. The standard InChI is InChI=1S/C21H24N4O4S/c1-13-11-18(24-29-13)23-20(27)14(2)30-12-19(26)25-9-7-15(8-10-25)21-22-16-5-3-4-6-17(16)28-21/h3-6,11,14-15H,7-10,12H2,1-2H3,(H,23,24,27). The van der Waals surface area contributed by atoms with Gasteiger partial charge in [0.15, 0.2) is 17.3 Å². The van der Waals surface area contributed by atoms with E-state index >= 15 is 0 Å². The first-order valence-electron chi connectivity index (χ1n) is 9.98. The monoisotopic (exact) mass is 428 g/mol. The molecule has 1 aromatic carbocycles. The molecule has 1 saturated heterocycles. The minimum Gasteiger partial charge on any atom is -0.440 e. The Morgan fingerprint density at radius 2 is 2.07 bits per heavy atom. The molecule has 3 aromatic rings. The van der Waals surface area contributed by atoms with Gasteiger partial charge in [0, 0.05) is 25.1 Å². The quantitative estimate of drug-likeness (QED) is 0.640. The van der Waals surface area contributed by atoms with Gasteiger partial charge in [-0.2, -0.15) is 0 Å². The predicted molar refractivity (Wildman–Crippen MR) is 114 cm³/mol. The molecule has 0 spiro atoms. The molecule has 1 fully saturated rings. The lowest BCUT2D eigenvalue weighted by Gasteiger charge is -2.30. The summed E-state index contributed by atoms with van der Waals surface area (Å²) in [5.74, 6) is 2.11. The van der Waals surface area contributed by atoms with Gasteiger partial charge < -0.3 is 19.2 Å². The van der Waals surface area contributed by atoms with Crippen molar-refractivity contribution in [2.24, 2.45) is 0 Å². The van der Waals surface area contributed by atoms with Crippen molar-refractivity contribution in [1.29, 1.82) is 0 Å². The van der Waals surface area contributed by atoms with E-state index < -0.39 is 0 Å². The van der Waals surface area contributed by atoms with Crippen molar-refractivity contribution in [2.45, 2.75) is 37.9 Å². The maximum Gasteiger partial charge on any atom is 0.238 e. The summed E-state index contributed by atoms with van der Waals surface area (Å²) < 4.78 is 10.8. The highest BCUT2D eigenvalue weighted by Crippen LogP contribution is 2.30.